The van der Waals surface area contributed by atoms with Crippen molar-refractivity contribution in [3.8, 4) is 11.4 Å². The molecule has 0 spiro atoms. The van der Waals surface area contributed by atoms with Crippen LogP contribution in [0.25, 0.3) is 11.4 Å². The van der Waals surface area contributed by atoms with Gasteiger partial charge < -0.3 is 14.5 Å². The summed E-state index contributed by atoms with van der Waals surface area (Å²) >= 11 is 0. The summed E-state index contributed by atoms with van der Waals surface area (Å²) in [5.41, 5.74) is 3.69. The van der Waals surface area contributed by atoms with Gasteiger partial charge in [0, 0.05) is 41.7 Å². The van der Waals surface area contributed by atoms with Crippen molar-refractivity contribution in [1.29, 1.82) is 0 Å². The molecule has 0 saturated heterocycles. The normalized spacial score (nSPS) is 11.9. The summed E-state index contributed by atoms with van der Waals surface area (Å²) in [7, 11) is 0. The lowest BCUT2D eigenvalue weighted by Gasteiger charge is -2.15. The second-order valence-corrected chi connectivity index (χ2v) is 6.40. The minimum atomic E-state index is -0.0930. The van der Waals surface area contributed by atoms with Gasteiger partial charge in [0.05, 0.1) is 12.4 Å². The van der Waals surface area contributed by atoms with Crippen molar-refractivity contribution in [2.75, 3.05) is 0 Å². The number of imidazole rings is 1. The van der Waals surface area contributed by atoms with Gasteiger partial charge in [-0.3, -0.25) is 4.79 Å². The maximum atomic E-state index is 12.7. The summed E-state index contributed by atoms with van der Waals surface area (Å²) in [6.45, 7) is 1.99. The zero-order valence-corrected chi connectivity index (χ0v) is 15.0. The van der Waals surface area contributed by atoms with Crippen molar-refractivity contribution in [3.63, 3.8) is 0 Å². The molecule has 1 atom stereocenters. The van der Waals surface area contributed by atoms with Crippen LogP contribution in [-0.2, 0) is 0 Å². The van der Waals surface area contributed by atoms with Crippen LogP contribution < -0.4 is 5.32 Å². The van der Waals surface area contributed by atoms with Crippen LogP contribution in [0.15, 0.2) is 91.8 Å². The van der Waals surface area contributed by atoms with Crippen LogP contribution in [0, 0.1) is 0 Å². The monoisotopic (exact) mass is 356 g/mol. The van der Waals surface area contributed by atoms with E-state index < -0.39 is 0 Å². The van der Waals surface area contributed by atoms with E-state index in [4.69, 9.17) is 0 Å². The van der Waals surface area contributed by atoms with Gasteiger partial charge in [0.1, 0.15) is 0 Å². The molecule has 1 N–H and O–H groups in total. The van der Waals surface area contributed by atoms with Crippen LogP contribution >= 0.6 is 0 Å². The fourth-order valence-electron chi connectivity index (χ4n) is 3.02. The Kier molecular flexibility index (Phi) is 4.58. The third-order valence-corrected chi connectivity index (χ3v) is 4.55. The number of hydrogen-bond acceptors (Lipinski definition) is 2. The molecule has 2 heterocycles. The van der Waals surface area contributed by atoms with Gasteiger partial charge in [0.2, 0.25) is 0 Å². The van der Waals surface area contributed by atoms with Crippen LogP contribution in [-0.4, -0.2) is 20.0 Å². The maximum absolute atomic E-state index is 12.7. The molecule has 0 saturated carbocycles. The van der Waals surface area contributed by atoms with Crippen LogP contribution in [0.5, 0.6) is 0 Å². The van der Waals surface area contributed by atoms with Gasteiger partial charge in [-0.05, 0) is 55.0 Å². The number of nitrogens with zero attached hydrogens (tertiary/aromatic N) is 3. The zero-order valence-electron chi connectivity index (χ0n) is 15.0. The average molecular weight is 356 g/mol. The molecule has 4 rings (SSSR count). The van der Waals surface area contributed by atoms with Crippen molar-refractivity contribution in [3.05, 3.63) is 103 Å². The van der Waals surface area contributed by atoms with Crippen molar-refractivity contribution in [2.45, 2.75) is 13.0 Å². The Balaban J connectivity index is 1.47. The molecule has 0 fully saturated rings. The molecule has 0 unspecified atom stereocenters. The SMILES string of the molecule is C[C@H](NC(=O)c1cccc(-n2cccc2)c1)c1ccc(-n2ccnc2)cc1. The van der Waals surface area contributed by atoms with Crippen molar-refractivity contribution >= 4 is 5.91 Å². The number of carbonyl (C=O) groups excluding carboxylic acids is 1. The molecular formula is C22H20N4O. The summed E-state index contributed by atoms with van der Waals surface area (Å²) in [5, 5.41) is 3.07. The number of nitrogens with one attached hydrogen (secondary N) is 1. The number of amides is 1. The van der Waals surface area contributed by atoms with Gasteiger partial charge in [0.15, 0.2) is 0 Å². The number of rotatable bonds is 5. The van der Waals surface area contributed by atoms with E-state index in [9.17, 15) is 4.79 Å². The highest BCUT2D eigenvalue weighted by atomic mass is 16.1. The second-order valence-electron chi connectivity index (χ2n) is 6.40. The molecule has 5 nitrogen and oxygen atoms in total. The Morgan fingerprint density at radius 1 is 0.926 bits per heavy atom. The molecule has 1 amide bonds. The van der Waals surface area contributed by atoms with E-state index in [1.165, 1.54) is 0 Å². The van der Waals surface area contributed by atoms with Gasteiger partial charge in [-0.1, -0.05) is 18.2 Å². The third kappa shape index (κ3) is 3.67. The molecule has 0 aliphatic rings. The highest BCUT2D eigenvalue weighted by molar-refractivity contribution is 5.95. The van der Waals surface area contributed by atoms with E-state index in [-0.39, 0.29) is 11.9 Å². The molecular weight excluding hydrogens is 336 g/mol. The van der Waals surface area contributed by atoms with Gasteiger partial charge in [-0.2, -0.15) is 0 Å². The number of benzene rings is 2. The minimum absolute atomic E-state index is 0.0878. The first-order valence-corrected chi connectivity index (χ1v) is 8.83. The maximum Gasteiger partial charge on any atom is 0.251 e. The van der Waals surface area contributed by atoms with Crippen molar-refractivity contribution in [2.24, 2.45) is 0 Å². The predicted octanol–water partition coefficient (Wildman–Crippen LogP) is 4.15. The van der Waals surface area contributed by atoms with E-state index in [0.29, 0.717) is 5.56 Å². The van der Waals surface area contributed by atoms with E-state index in [0.717, 1.165) is 16.9 Å². The largest absolute Gasteiger partial charge is 0.346 e. The standard InChI is InChI=1S/C22H20N4O/c1-17(18-7-9-20(10-8-18)26-14-11-23-16-26)24-22(27)19-5-4-6-21(15-19)25-12-2-3-13-25/h2-17H,1H3,(H,24,27)/t17-/m0/s1. The van der Waals surface area contributed by atoms with Crippen LogP contribution in [0.4, 0.5) is 0 Å². The van der Waals surface area contributed by atoms with E-state index in [1.54, 1.807) is 12.5 Å². The molecule has 27 heavy (non-hydrogen) atoms. The van der Waals surface area contributed by atoms with Gasteiger partial charge in [-0.25, -0.2) is 4.98 Å². The molecule has 4 aromatic rings. The van der Waals surface area contributed by atoms with Crippen LogP contribution in [0.1, 0.15) is 28.9 Å². The first kappa shape index (κ1) is 16.8. The molecule has 0 bridgehead atoms. The topological polar surface area (TPSA) is 51.9 Å². The third-order valence-electron chi connectivity index (χ3n) is 4.55. The fourth-order valence-corrected chi connectivity index (χ4v) is 3.02. The molecule has 0 aliphatic heterocycles. The fraction of sp³-hybridized carbons (Fsp3) is 0.0909. The predicted molar refractivity (Wildman–Crippen MR) is 105 cm³/mol. The number of hydrogen-bond donors (Lipinski definition) is 1. The lowest BCUT2D eigenvalue weighted by molar-refractivity contribution is 0.0940. The van der Waals surface area contributed by atoms with E-state index in [1.807, 2.05) is 95.3 Å². The number of aromatic nitrogens is 3. The summed E-state index contributed by atoms with van der Waals surface area (Å²) in [4.78, 5) is 16.7. The summed E-state index contributed by atoms with van der Waals surface area (Å²) < 4.78 is 3.93. The Labute approximate surface area is 157 Å². The first-order chi connectivity index (χ1) is 13.2. The molecule has 0 radical (unpaired) electrons. The Hall–Kier alpha value is -3.60. The van der Waals surface area contributed by atoms with Gasteiger partial charge in [-0.15, -0.1) is 0 Å². The van der Waals surface area contributed by atoms with Gasteiger partial charge in [0.25, 0.3) is 5.91 Å². The number of carbonyl (C=O) groups is 1. The van der Waals surface area contributed by atoms with Crippen molar-refractivity contribution in [1.82, 2.24) is 19.4 Å². The van der Waals surface area contributed by atoms with Crippen LogP contribution in [0.2, 0.25) is 0 Å². The Morgan fingerprint density at radius 3 is 2.41 bits per heavy atom. The molecule has 5 heteroatoms. The van der Waals surface area contributed by atoms with Crippen LogP contribution in [0.3, 0.4) is 0 Å². The molecule has 134 valence electrons. The lowest BCUT2D eigenvalue weighted by atomic mass is 10.1. The molecule has 0 aliphatic carbocycles. The van der Waals surface area contributed by atoms with Gasteiger partial charge >= 0.3 is 0 Å². The first-order valence-electron chi connectivity index (χ1n) is 8.83. The minimum Gasteiger partial charge on any atom is -0.346 e. The lowest BCUT2D eigenvalue weighted by Crippen LogP contribution is -2.26. The highest BCUT2D eigenvalue weighted by Gasteiger charge is 2.12. The quantitative estimate of drug-likeness (QED) is 0.584. The Morgan fingerprint density at radius 2 is 1.70 bits per heavy atom. The zero-order chi connectivity index (χ0) is 18.6. The molecule has 2 aromatic heterocycles. The Bertz CT molecular complexity index is 1020. The van der Waals surface area contributed by atoms with E-state index >= 15 is 0 Å². The summed E-state index contributed by atoms with van der Waals surface area (Å²) in [5.74, 6) is -0.0878. The summed E-state index contributed by atoms with van der Waals surface area (Å²) in [6.07, 6.45) is 9.33. The average Bonchev–Trinajstić information content (AvgIpc) is 3.42. The molecule has 2 aromatic carbocycles. The second kappa shape index (κ2) is 7.33. The highest BCUT2D eigenvalue weighted by Crippen LogP contribution is 2.17. The smallest absolute Gasteiger partial charge is 0.251 e. The van der Waals surface area contributed by atoms with Crippen molar-refractivity contribution < 1.29 is 4.79 Å². The summed E-state index contributed by atoms with van der Waals surface area (Å²) in [6, 6.07) is 19.5. The van der Waals surface area contributed by atoms with E-state index in [2.05, 4.69) is 10.3 Å².